The maximum absolute atomic E-state index is 12.4. The summed E-state index contributed by atoms with van der Waals surface area (Å²) in [7, 11) is -0.168. The first-order valence-electron chi connectivity index (χ1n) is 15.3. The van der Waals surface area contributed by atoms with E-state index in [0.29, 0.717) is 24.7 Å². The van der Waals surface area contributed by atoms with Crippen molar-refractivity contribution >= 4 is 60.4 Å². The number of hydrogen-bond donors (Lipinski definition) is 3. The maximum Gasteiger partial charge on any atom is 0.228 e. The zero-order valence-corrected chi connectivity index (χ0v) is 28.7. The summed E-state index contributed by atoms with van der Waals surface area (Å²) in [5, 5.41) is 18.0. The number of carbonyl (C=O) groups excluding carboxylic acids is 1. The Morgan fingerprint density at radius 1 is 1.00 bits per heavy atom. The molecular weight excluding hydrogens is 676 g/mol. The number of fused-ring (bicyclic) bond motifs is 1. The third kappa shape index (κ3) is 7.93. The van der Waals surface area contributed by atoms with E-state index in [9.17, 15) is 9.90 Å². The molecule has 0 saturated carbocycles. The van der Waals surface area contributed by atoms with Crippen molar-refractivity contribution < 1.29 is 14.6 Å². The van der Waals surface area contributed by atoms with Gasteiger partial charge in [0, 0.05) is 36.1 Å². The van der Waals surface area contributed by atoms with Crippen LogP contribution in [0.3, 0.4) is 0 Å². The number of carbonyl (C=O) groups is 1. The van der Waals surface area contributed by atoms with Crippen LogP contribution in [0.2, 0.25) is 0 Å². The molecule has 0 aliphatic carbocycles. The van der Waals surface area contributed by atoms with Crippen LogP contribution in [-0.2, 0) is 23.6 Å². The maximum atomic E-state index is 12.4. The fourth-order valence-electron chi connectivity index (χ4n) is 5.09. The quantitative estimate of drug-likeness (QED) is 0.113. The topological polar surface area (TPSA) is 105 Å². The van der Waals surface area contributed by atoms with Crippen molar-refractivity contribution in [2.24, 2.45) is 5.41 Å². The standard InChI is InChI=1S/C36H37BrN6O3S/c1-36(2,24-44)35(45)38-16-18-42-17-15-31-33(42)34(40-25-39-31)41-28-13-14-32(30(37)19-28)46-29-21-43(20-26-9-5-3-6-10-26)47(23-29)22-27-11-7-4-8-12-27/h3-15,17,19,21,23,25,44H,16,18,20,22,24H2,1-2H3,(H,38,45)(H,39,40,41). The Hall–Kier alpha value is -4.45. The molecule has 5 aromatic rings. The number of benzene rings is 3. The van der Waals surface area contributed by atoms with Gasteiger partial charge in [-0.25, -0.2) is 9.97 Å². The lowest BCUT2D eigenvalue weighted by Crippen LogP contribution is -2.40. The van der Waals surface area contributed by atoms with Gasteiger partial charge in [0.25, 0.3) is 0 Å². The summed E-state index contributed by atoms with van der Waals surface area (Å²) in [6.45, 7) is 4.93. The van der Waals surface area contributed by atoms with Gasteiger partial charge in [-0.3, -0.25) is 4.79 Å². The molecule has 11 heteroatoms. The third-order valence-corrected chi connectivity index (χ3v) is 10.4. The van der Waals surface area contributed by atoms with Gasteiger partial charge in [-0.1, -0.05) is 71.3 Å². The fourth-order valence-corrected chi connectivity index (χ4v) is 7.40. The smallest absolute Gasteiger partial charge is 0.228 e. The lowest BCUT2D eigenvalue weighted by molar-refractivity contribution is -0.131. The third-order valence-electron chi connectivity index (χ3n) is 7.78. The summed E-state index contributed by atoms with van der Waals surface area (Å²) in [5.41, 5.74) is 4.15. The lowest BCUT2D eigenvalue weighted by Gasteiger charge is -2.21. The largest absolute Gasteiger partial charge is 0.454 e. The molecule has 2 aromatic heterocycles. The molecule has 9 nitrogen and oxygen atoms in total. The first-order chi connectivity index (χ1) is 22.8. The van der Waals surface area contributed by atoms with E-state index in [0.717, 1.165) is 39.3 Å². The summed E-state index contributed by atoms with van der Waals surface area (Å²) in [6.07, 6.45) is 5.57. The molecule has 0 bridgehead atoms. The van der Waals surface area contributed by atoms with E-state index < -0.39 is 5.41 Å². The van der Waals surface area contributed by atoms with Gasteiger partial charge in [-0.2, -0.15) is 0 Å². The molecule has 3 N–H and O–H groups in total. The molecule has 0 radical (unpaired) electrons. The highest BCUT2D eigenvalue weighted by molar-refractivity contribution is 9.10. The number of allylic oxidation sites excluding steroid dienone is 1. The molecule has 3 aromatic carbocycles. The molecule has 1 aliphatic rings. The van der Waals surface area contributed by atoms with E-state index in [2.05, 4.69) is 101 Å². The van der Waals surface area contributed by atoms with Crippen LogP contribution >= 0.6 is 26.6 Å². The summed E-state index contributed by atoms with van der Waals surface area (Å²) >= 11 is 3.72. The van der Waals surface area contributed by atoms with Crippen LogP contribution in [0.1, 0.15) is 25.0 Å². The molecule has 3 heterocycles. The molecule has 1 amide bonds. The fraction of sp³-hybridized carbons (Fsp3) is 0.222. The summed E-state index contributed by atoms with van der Waals surface area (Å²) in [5.74, 6) is 2.88. The van der Waals surface area contributed by atoms with Crippen molar-refractivity contribution in [3.63, 3.8) is 0 Å². The number of aliphatic hydroxyl groups excluding tert-OH is 1. The number of nitrogens with one attached hydrogen (secondary N) is 2. The van der Waals surface area contributed by atoms with Crippen molar-refractivity contribution in [3.05, 3.63) is 125 Å². The van der Waals surface area contributed by atoms with E-state index in [1.807, 2.05) is 47.2 Å². The Bertz CT molecular complexity index is 1930. The number of amides is 1. The van der Waals surface area contributed by atoms with Gasteiger partial charge < -0.3 is 29.3 Å². The van der Waals surface area contributed by atoms with Crippen molar-refractivity contribution in [3.8, 4) is 5.75 Å². The summed E-state index contributed by atoms with van der Waals surface area (Å²) in [4.78, 5) is 21.3. The minimum Gasteiger partial charge on any atom is -0.454 e. The van der Waals surface area contributed by atoms with Crippen LogP contribution in [-0.4, -0.2) is 48.4 Å². The molecule has 47 heavy (non-hydrogen) atoms. The highest BCUT2D eigenvalue weighted by atomic mass is 79.9. The number of ether oxygens (including phenoxy) is 1. The Kier molecular flexibility index (Phi) is 10.1. The average molecular weight is 714 g/mol. The van der Waals surface area contributed by atoms with Gasteiger partial charge in [0.1, 0.15) is 17.6 Å². The van der Waals surface area contributed by atoms with Gasteiger partial charge in [0.2, 0.25) is 5.91 Å². The van der Waals surface area contributed by atoms with Crippen molar-refractivity contribution in [2.75, 3.05) is 18.5 Å². The number of aromatic nitrogens is 3. The van der Waals surface area contributed by atoms with Crippen LogP contribution in [0.15, 0.2) is 114 Å². The highest BCUT2D eigenvalue weighted by Crippen LogP contribution is 2.37. The normalized spacial score (nSPS) is 14.5. The van der Waals surface area contributed by atoms with E-state index in [4.69, 9.17) is 4.74 Å². The van der Waals surface area contributed by atoms with Gasteiger partial charge in [0.05, 0.1) is 34.8 Å². The lowest BCUT2D eigenvalue weighted by atomic mass is 9.94. The number of hydrogen-bond acceptors (Lipinski definition) is 7. The molecular formula is C36H37BrN6O3S. The van der Waals surface area contributed by atoms with E-state index in [1.165, 1.54) is 17.5 Å². The van der Waals surface area contributed by atoms with E-state index >= 15 is 0 Å². The van der Waals surface area contributed by atoms with Crippen molar-refractivity contribution in [1.82, 2.24) is 24.2 Å². The Balaban J connectivity index is 1.16. The minimum atomic E-state index is -0.837. The predicted octanol–water partition coefficient (Wildman–Crippen LogP) is 6.99. The monoisotopic (exact) mass is 712 g/mol. The first-order valence-corrected chi connectivity index (χ1v) is 17.5. The second-order valence-electron chi connectivity index (χ2n) is 11.9. The highest BCUT2D eigenvalue weighted by Gasteiger charge is 2.26. The molecule has 1 aliphatic heterocycles. The van der Waals surface area contributed by atoms with Crippen LogP contribution in [0, 0.1) is 5.41 Å². The van der Waals surface area contributed by atoms with Crippen LogP contribution in [0.25, 0.3) is 11.0 Å². The molecule has 1 atom stereocenters. The number of aliphatic hydroxyl groups is 1. The second kappa shape index (κ2) is 14.5. The molecule has 1 unspecified atom stereocenters. The van der Waals surface area contributed by atoms with Crippen LogP contribution in [0.5, 0.6) is 5.75 Å². The number of rotatable bonds is 13. The zero-order valence-electron chi connectivity index (χ0n) is 26.3. The van der Waals surface area contributed by atoms with Crippen LogP contribution in [0.4, 0.5) is 11.5 Å². The summed E-state index contributed by atoms with van der Waals surface area (Å²) < 4.78 is 11.6. The Labute approximate surface area is 285 Å². The molecule has 0 spiro atoms. The SMILES string of the molecule is CC(C)(CO)C(=O)NCCn1ccc2ncnc(Nc3ccc(OC4=CN(Cc5ccccc5)S(Cc5ccccc5)=C4)c(Br)c3)c21. The average Bonchev–Trinajstić information content (AvgIpc) is 3.67. The summed E-state index contributed by atoms with van der Waals surface area (Å²) in [6, 6.07) is 28.8. The molecule has 0 fully saturated rings. The second-order valence-corrected chi connectivity index (χ2v) is 14.5. The predicted molar refractivity (Wildman–Crippen MR) is 193 cm³/mol. The van der Waals surface area contributed by atoms with Gasteiger partial charge in [-0.15, -0.1) is 0 Å². The Morgan fingerprint density at radius 3 is 2.47 bits per heavy atom. The number of nitrogens with zero attached hydrogens (tertiary/aromatic N) is 4. The van der Waals surface area contributed by atoms with Gasteiger partial charge in [0.15, 0.2) is 11.6 Å². The zero-order chi connectivity index (χ0) is 32.8. The first kappa shape index (κ1) is 32.5. The molecule has 0 saturated heterocycles. The van der Waals surface area contributed by atoms with Crippen molar-refractivity contribution in [2.45, 2.75) is 32.7 Å². The molecule has 6 rings (SSSR count). The Morgan fingerprint density at radius 2 is 1.74 bits per heavy atom. The van der Waals surface area contributed by atoms with Gasteiger partial charge >= 0.3 is 0 Å². The number of anilines is 2. The van der Waals surface area contributed by atoms with Crippen LogP contribution < -0.4 is 15.4 Å². The van der Waals surface area contributed by atoms with Gasteiger partial charge in [-0.05, 0) is 65.2 Å². The molecule has 242 valence electrons. The van der Waals surface area contributed by atoms with E-state index in [1.54, 1.807) is 13.8 Å². The van der Waals surface area contributed by atoms with E-state index in [-0.39, 0.29) is 23.2 Å². The minimum absolute atomic E-state index is 0.168. The van der Waals surface area contributed by atoms with Crippen molar-refractivity contribution in [1.29, 1.82) is 0 Å². The number of halogens is 1.